The number of fused-ring (bicyclic) bond motifs is 1. The average molecular weight is 461 g/mol. The minimum atomic E-state index is -3.71. The van der Waals surface area contributed by atoms with Crippen LogP contribution in [0, 0.1) is 0 Å². The maximum Gasteiger partial charge on any atom is 0.244 e. The third kappa shape index (κ3) is 4.85. The zero-order valence-electron chi connectivity index (χ0n) is 19.3. The molecule has 0 bridgehead atoms. The fourth-order valence-electron chi connectivity index (χ4n) is 4.26. The molecule has 0 unspecified atom stereocenters. The van der Waals surface area contributed by atoms with Crippen LogP contribution in [0.4, 0.5) is 5.69 Å². The van der Waals surface area contributed by atoms with Crippen LogP contribution >= 0.6 is 0 Å². The van der Waals surface area contributed by atoms with Gasteiger partial charge in [0.2, 0.25) is 15.9 Å². The van der Waals surface area contributed by atoms with Crippen molar-refractivity contribution in [2.45, 2.75) is 57.7 Å². The van der Waals surface area contributed by atoms with E-state index >= 15 is 0 Å². The SMILES string of the molecule is CCC1(CC)C[C@H](NC(=O)[C@H](C)N(c2ccc(OC)cc2)S(C)(=O)=O)c2ccccc2O1. The molecule has 1 heterocycles. The fraction of sp³-hybridized carbons (Fsp3) is 0.458. The van der Waals surface area contributed by atoms with Crippen molar-refractivity contribution in [3.63, 3.8) is 0 Å². The smallest absolute Gasteiger partial charge is 0.244 e. The van der Waals surface area contributed by atoms with E-state index in [0.717, 1.165) is 34.7 Å². The topological polar surface area (TPSA) is 84.9 Å². The van der Waals surface area contributed by atoms with Crippen molar-refractivity contribution in [2.75, 3.05) is 17.7 Å². The van der Waals surface area contributed by atoms with E-state index in [2.05, 4.69) is 19.2 Å². The van der Waals surface area contributed by atoms with Crippen molar-refractivity contribution in [3.05, 3.63) is 54.1 Å². The molecule has 0 saturated heterocycles. The van der Waals surface area contributed by atoms with Crippen molar-refractivity contribution in [2.24, 2.45) is 0 Å². The molecule has 1 aliphatic heterocycles. The van der Waals surface area contributed by atoms with Gasteiger partial charge in [0.15, 0.2) is 0 Å². The van der Waals surface area contributed by atoms with Gasteiger partial charge in [-0.25, -0.2) is 8.42 Å². The molecular formula is C24H32N2O5S. The first kappa shape index (κ1) is 23.9. The van der Waals surface area contributed by atoms with Crippen molar-refractivity contribution in [3.8, 4) is 11.5 Å². The first-order valence-electron chi connectivity index (χ1n) is 10.9. The number of rotatable bonds is 8. The number of hydrogen-bond acceptors (Lipinski definition) is 5. The van der Waals surface area contributed by atoms with Gasteiger partial charge in [0.1, 0.15) is 23.1 Å². The number of sulfonamides is 1. The maximum absolute atomic E-state index is 13.3. The number of para-hydroxylation sites is 1. The monoisotopic (exact) mass is 460 g/mol. The Labute approximate surface area is 190 Å². The molecule has 8 heteroatoms. The van der Waals surface area contributed by atoms with E-state index in [9.17, 15) is 13.2 Å². The van der Waals surface area contributed by atoms with Crippen molar-refractivity contribution in [1.82, 2.24) is 5.32 Å². The Bertz CT molecular complexity index is 1050. The van der Waals surface area contributed by atoms with Crippen LogP contribution in [0.2, 0.25) is 0 Å². The molecule has 1 amide bonds. The minimum Gasteiger partial charge on any atom is -0.497 e. The number of amides is 1. The predicted molar refractivity (Wildman–Crippen MR) is 126 cm³/mol. The highest BCUT2D eigenvalue weighted by molar-refractivity contribution is 7.92. The normalized spacial score (nSPS) is 18.1. The molecule has 1 aliphatic rings. The minimum absolute atomic E-state index is 0.271. The van der Waals surface area contributed by atoms with Gasteiger partial charge in [-0.15, -0.1) is 0 Å². The van der Waals surface area contributed by atoms with Crippen LogP contribution < -0.4 is 19.1 Å². The molecule has 2 aromatic rings. The number of hydrogen-bond donors (Lipinski definition) is 1. The lowest BCUT2D eigenvalue weighted by molar-refractivity contribution is -0.123. The number of methoxy groups -OCH3 is 1. The van der Waals surface area contributed by atoms with Crippen molar-refractivity contribution in [1.29, 1.82) is 0 Å². The van der Waals surface area contributed by atoms with Crippen LogP contribution in [-0.4, -0.2) is 39.3 Å². The van der Waals surface area contributed by atoms with Gasteiger partial charge < -0.3 is 14.8 Å². The van der Waals surface area contributed by atoms with Crippen LogP contribution in [0.25, 0.3) is 0 Å². The summed E-state index contributed by atoms with van der Waals surface area (Å²) in [4.78, 5) is 13.3. The summed E-state index contributed by atoms with van der Waals surface area (Å²) in [5, 5.41) is 3.09. The molecule has 7 nitrogen and oxygen atoms in total. The van der Waals surface area contributed by atoms with E-state index in [0.29, 0.717) is 17.9 Å². The summed E-state index contributed by atoms with van der Waals surface area (Å²) >= 11 is 0. The van der Waals surface area contributed by atoms with Gasteiger partial charge in [-0.1, -0.05) is 32.0 Å². The van der Waals surface area contributed by atoms with Crippen LogP contribution in [-0.2, 0) is 14.8 Å². The highest BCUT2D eigenvalue weighted by atomic mass is 32.2. The van der Waals surface area contributed by atoms with Gasteiger partial charge in [-0.3, -0.25) is 9.10 Å². The maximum atomic E-state index is 13.3. The molecule has 174 valence electrons. The molecule has 3 rings (SSSR count). The summed E-state index contributed by atoms with van der Waals surface area (Å²) in [6, 6.07) is 13.1. The molecule has 0 spiro atoms. The first-order valence-corrected chi connectivity index (χ1v) is 12.7. The Morgan fingerprint density at radius 2 is 1.81 bits per heavy atom. The van der Waals surface area contributed by atoms with Gasteiger partial charge in [-0.2, -0.15) is 0 Å². The van der Waals surface area contributed by atoms with Gasteiger partial charge in [0, 0.05) is 12.0 Å². The number of nitrogens with zero attached hydrogens (tertiary/aromatic N) is 1. The molecule has 0 aromatic heterocycles. The zero-order chi connectivity index (χ0) is 23.5. The predicted octanol–water partition coefficient (Wildman–Crippen LogP) is 4.05. The summed E-state index contributed by atoms with van der Waals surface area (Å²) in [6.07, 6.45) is 3.34. The van der Waals surface area contributed by atoms with Gasteiger partial charge in [0.25, 0.3) is 0 Å². The second kappa shape index (κ2) is 9.40. The van der Waals surface area contributed by atoms with Crippen molar-refractivity contribution < 1.29 is 22.7 Å². The number of nitrogens with one attached hydrogen (secondary N) is 1. The van der Waals surface area contributed by atoms with Gasteiger partial charge >= 0.3 is 0 Å². The van der Waals surface area contributed by atoms with Crippen LogP contribution in [0.15, 0.2) is 48.5 Å². The third-order valence-electron chi connectivity index (χ3n) is 6.22. The number of ether oxygens (including phenoxy) is 2. The highest BCUT2D eigenvalue weighted by Crippen LogP contribution is 2.42. The Hall–Kier alpha value is -2.74. The first-order chi connectivity index (χ1) is 15.1. The number of anilines is 1. The molecule has 0 fully saturated rings. The average Bonchev–Trinajstić information content (AvgIpc) is 2.78. The molecule has 2 atom stereocenters. The lowest BCUT2D eigenvalue weighted by Crippen LogP contribution is -2.51. The fourth-order valence-corrected chi connectivity index (χ4v) is 5.44. The summed E-state index contributed by atoms with van der Waals surface area (Å²) in [6.45, 7) is 5.75. The summed E-state index contributed by atoms with van der Waals surface area (Å²) in [7, 11) is -2.17. The Morgan fingerprint density at radius 3 is 2.38 bits per heavy atom. The summed E-state index contributed by atoms with van der Waals surface area (Å²) < 4.78 is 37.8. The van der Waals surface area contributed by atoms with E-state index in [1.807, 2.05) is 24.3 Å². The molecule has 0 aliphatic carbocycles. The molecule has 2 aromatic carbocycles. The van der Waals surface area contributed by atoms with Crippen LogP contribution in [0.1, 0.15) is 51.6 Å². The Kier molecular flexibility index (Phi) is 7.03. The number of carbonyl (C=O) groups is 1. The van der Waals surface area contributed by atoms with Crippen LogP contribution in [0.5, 0.6) is 11.5 Å². The molecule has 0 saturated carbocycles. The second-order valence-corrected chi connectivity index (χ2v) is 10.1. The van der Waals surface area contributed by atoms with Crippen molar-refractivity contribution >= 4 is 21.6 Å². The third-order valence-corrected chi connectivity index (χ3v) is 7.46. The molecule has 1 N–H and O–H groups in total. The lowest BCUT2D eigenvalue weighted by Gasteiger charge is -2.42. The second-order valence-electron chi connectivity index (χ2n) is 8.23. The zero-order valence-corrected chi connectivity index (χ0v) is 20.1. The standard InChI is InChI=1S/C24H32N2O5S/c1-6-24(7-2)16-21(20-10-8-9-11-22(20)31-24)25-23(27)17(3)26(32(5,28)29)18-12-14-19(30-4)15-13-18/h8-15,17,21H,6-7,16H2,1-5H3,(H,25,27)/t17-,21-/m0/s1. The van der Waals surface area contributed by atoms with Gasteiger partial charge in [-0.05, 0) is 50.1 Å². The Balaban J connectivity index is 1.90. The number of carbonyl (C=O) groups excluding carboxylic acids is 1. The molecule has 32 heavy (non-hydrogen) atoms. The molecule has 0 radical (unpaired) electrons. The van der Waals surface area contributed by atoms with E-state index < -0.39 is 16.1 Å². The molecular weight excluding hydrogens is 428 g/mol. The Morgan fingerprint density at radius 1 is 1.19 bits per heavy atom. The van der Waals surface area contributed by atoms with E-state index in [1.54, 1.807) is 31.2 Å². The number of benzene rings is 2. The van der Waals surface area contributed by atoms with Gasteiger partial charge in [0.05, 0.1) is 25.1 Å². The largest absolute Gasteiger partial charge is 0.497 e. The summed E-state index contributed by atoms with van der Waals surface area (Å²) in [5.41, 5.74) is 0.933. The van der Waals surface area contributed by atoms with Crippen LogP contribution in [0.3, 0.4) is 0 Å². The lowest BCUT2D eigenvalue weighted by atomic mass is 9.83. The summed E-state index contributed by atoms with van der Waals surface area (Å²) in [5.74, 6) is 0.998. The highest BCUT2D eigenvalue weighted by Gasteiger charge is 2.40. The quantitative estimate of drug-likeness (QED) is 0.642. The van der Waals surface area contributed by atoms with E-state index in [-0.39, 0.29) is 17.6 Å². The van der Waals surface area contributed by atoms with E-state index in [1.165, 1.54) is 7.11 Å². The van der Waals surface area contributed by atoms with E-state index in [4.69, 9.17) is 9.47 Å².